The molecule has 0 aliphatic heterocycles. The highest BCUT2D eigenvalue weighted by Crippen LogP contribution is 2.64. The Labute approximate surface area is 171 Å². The predicted molar refractivity (Wildman–Crippen MR) is 115 cm³/mol. The molecular weight excluding hydrogens is 876 g/mol. The van der Waals surface area contributed by atoms with Gasteiger partial charge >= 0.3 is 7.12 Å². The summed E-state index contributed by atoms with van der Waals surface area (Å²) < 4.78 is -0.627. The van der Waals surface area contributed by atoms with Crippen molar-refractivity contribution in [3.8, 4) is 0 Å². The molecule has 0 heterocycles. The van der Waals surface area contributed by atoms with Gasteiger partial charge in [-0.15, -0.1) is 0 Å². The largest absolute Gasteiger partial charge is 0.474 e. The van der Waals surface area contributed by atoms with Crippen LogP contribution in [0.25, 0.3) is 0 Å². The Hall–Kier alpha value is 4.10. The first kappa shape index (κ1) is 17.2. The Morgan fingerprint density at radius 2 is 1.53 bits per heavy atom. The first-order valence-electron chi connectivity index (χ1n) is 3.71. The summed E-state index contributed by atoms with van der Waals surface area (Å²) in [6.45, 7) is 0. The molecule has 9 heteroatoms. The molecule has 0 saturated heterocycles. The number of hydrogen-bond donors (Lipinski definition) is 2. The van der Waals surface area contributed by atoms with Gasteiger partial charge in [-0.05, 0) is 0 Å². The minimum absolute atomic E-state index is 0.0656. The van der Waals surface area contributed by atoms with Crippen LogP contribution in [0.5, 0.6) is 0 Å². The summed E-state index contributed by atoms with van der Waals surface area (Å²) in [7, 11) is -1.35. The number of allylic oxidation sites excluding steroid dienone is 2. The second-order valence-corrected chi connectivity index (χ2v) is 17.0. The van der Waals surface area contributed by atoms with Crippen molar-refractivity contribution in [3.05, 3.63) is 12.2 Å². The van der Waals surface area contributed by atoms with Gasteiger partial charge < -0.3 is 10.0 Å². The summed E-state index contributed by atoms with van der Waals surface area (Å²) in [6.07, 6.45) is 3.98. The highest BCUT2D eigenvalue weighted by Gasteiger charge is 2.65. The number of alkyl halides is 6. The third kappa shape index (κ3) is 2.92. The Morgan fingerprint density at radius 3 is 1.93 bits per heavy atom. The summed E-state index contributed by atoms with van der Waals surface area (Å²) in [6, 6.07) is 0. The summed E-state index contributed by atoms with van der Waals surface area (Å²) in [5.74, 6) is 0. The molecule has 1 rings (SSSR count). The second-order valence-electron chi connectivity index (χ2n) is 3.10. The van der Waals surface area contributed by atoms with E-state index < -0.39 is 10.4 Å². The van der Waals surface area contributed by atoms with E-state index in [4.69, 9.17) is 0 Å². The maximum Gasteiger partial charge on any atom is 0.474 e. The molecule has 86 valence electrons. The standard InChI is InChI=1S/C6H5BI6O2/c8-3-1-2-4(9,7(14)15)6(12,13)5(3,10)11/h1-3,14-15H. The highest BCUT2D eigenvalue weighted by molar-refractivity contribution is 14.2. The molecule has 0 aromatic carbocycles. The predicted octanol–water partition coefficient (Wildman–Crippen LogP) is 3.68. The Bertz CT molecular complexity index is 293. The SMILES string of the molecule is OB(O)C1(I)C=CC(I)C(I)(I)C1(I)I. The lowest BCUT2D eigenvalue weighted by atomic mass is 9.68. The van der Waals surface area contributed by atoms with Crippen molar-refractivity contribution in [2.75, 3.05) is 0 Å². The third-order valence-corrected chi connectivity index (χ3v) is 20.2. The van der Waals surface area contributed by atoms with Crippen molar-refractivity contribution in [1.82, 2.24) is 0 Å². The molecule has 0 fully saturated rings. The molecule has 1 aliphatic carbocycles. The lowest BCUT2D eigenvalue weighted by molar-refractivity contribution is 0.389. The molecule has 0 saturated carbocycles. The van der Waals surface area contributed by atoms with Gasteiger partial charge in [0, 0.05) is 0 Å². The van der Waals surface area contributed by atoms with Crippen LogP contribution >= 0.6 is 136 Å². The molecule has 0 aromatic heterocycles. The molecule has 0 aromatic rings. The van der Waals surface area contributed by atoms with Gasteiger partial charge in [0.05, 0.1) is 3.92 Å². The zero-order valence-corrected chi connectivity index (χ0v) is 19.9. The van der Waals surface area contributed by atoms with Crippen LogP contribution in [-0.4, -0.2) is 27.3 Å². The van der Waals surface area contributed by atoms with Crippen molar-refractivity contribution in [3.63, 3.8) is 0 Å². The van der Waals surface area contributed by atoms with Crippen LogP contribution in [-0.2, 0) is 0 Å². The van der Waals surface area contributed by atoms with Crippen molar-refractivity contribution >= 4 is 143 Å². The van der Waals surface area contributed by atoms with E-state index in [-0.39, 0.29) is 2.86 Å². The quantitative estimate of drug-likeness (QED) is 0.183. The average molecular weight is 881 g/mol. The van der Waals surface area contributed by atoms with Crippen LogP contribution in [0.1, 0.15) is 0 Å². The Balaban J connectivity index is 3.31. The maximum absolute atomic E-state index is 9.57. The van der Waals surface area contributed by atoms with Gasteiger partial charge in [-0.2, -0.15) is 0 Å². The fourth-order valence-electron chi connectivity index (χ4n) is 1.13. The maximum atomic E-state index is 9.57. The van der Waals surface area contributed by atoms with E-state index >= 15 is 0 Å². The van der Waals surface area contributed by atoms with Crippen LogP contribution in [0, 0.1) is 0 Å². The minimum atomic E-state index is -1.35. The molecule has 2 nitrogen and oxygen atoms in total. The zero-order valence-electron chi connectivity index (χ0n) is 6.97. The fourth-order valence-corrected chi connectivity index (χ4v) is 7.55. The smallest absolute Gasteiger partial charge is 0.426 e. The van der Waals surface area contributed by atoms with Gasteiger partial charge in [-0.25, -0.2) is 0 Å². The normalized spacial score (nSPS) is 37.7. The summed E-state index contributed by atoms with van der Waals surface area (Å²) in [5.41, 5.74) is 0. The van der Waals surface area contributed by atoms with Crippen LogP contribution in [0.3, 0.4) is 0 Å². The molecule has 2 N–H and O–H groups in total. The van der Waals surface area contributed by atoms with Crippen LogP contribution < -0.4 is 0 Å². The van der Waals surface area contributed by atoms with Gasteiger partial charge in [-0.3, -0.25) is 0 Å². The number of hydrogen-bond acceptors (Lipinski definition) is 2. The highest BCUT2D eigenvalue weighted by atomic mass is 127. The summed E-state index contributed by atoms with van der Waals surface area (Å²) >= 11 is 14.0. The minimum Gasteiger partial charge on any atom is -0.426 e. The lowest BCUT2D eigenvalue weighted by Gasteiger charge is -2.49. The molecule has 0 radical (unpaired) electrons. The van der Waals surface area contributed by atoms with Crippen LogP contribution in [0.2, 0.25) is 0 Å². The monoisotopic (exact) mass is 881 g/mol. The first-order valence-corrected chi connectivity index (χ1v) is 10.4. The fraction of sp³-hybridized carbons (Fsp3) is 0.667. The molecule has 0 bridgehead atoms. The molecule has 1 aliphatic rings. The summed E-state index contributed by atoms with van der Waals surface area (Å²) in [5, 5.41) is 19.1. The Morgan fingerprint density at radius 1 is 1.07 bits per heavy atom. The van der Waals surface area contributed by atoms with E-state index in [1.807, 2.05) is 6.08 Å². The van der Waals surface area contributed by atoms with Crippen molar-refractivity contribution < 1.29 is 10.0 Å². The van der Waals surface area contributed by atoms with E-state index in [0.29, 0.717) is 3.92 Å². The summed E-state index contributed by atoms with van der Waals surface area (Å²) in [4.78, 5) is 0. The van der Waals surface area contributed by atoms with E-state index in [0.717, 1.165) is 0 Å². The topological polar surface area (TPSA) is 40.5 Å². The van der Waals surface area contributed by atoms with Gasteiger partial charge in [0.1, 0.15) is 6.18 Å². The van der Waals surface area contributed by atoms with Crippen molar-refractivity contribution in [2.24, 2.45) is 0 Å². The van der Waals surface area contributed by atoms with Gasteiger partial charge in [-0.1, -0.05) is 148 Å². The van der Waals surface area contributed by atoms with Crippen molar-refractivity contribution in [1.29, 1.82) is 0 Å². The first-order chi connectivity index (χ1) is 6.57. The van der Waals surface area contributed by atoms with Crippen LogP contribution in [0.15, 0.2) is 12.2 Å². The van der Waals surface area contributed by atoms with Gasteiger partial charge in [0.25, 0.3) is 0 Å². The van der Waals surface area contributed by atoms with Crippen LogP contribution in [0.4, 0.5) is 0 Å². The lowest BCUT2D eigenvalue weighted by Crippen LogP contribution is -2.62. The zero-order chi connectivity index (χ0) is 12.1. The van der Waals surface area contributed by atoms with Gasteiger partial charge in [0.15, 0.2) is 0 Å². The van der Waals surface area contributed by atoms with E-state index in [2.05, 4.69) is 142 Å². The molecule has 2 atom stereocenters. The van der Waals surface area contributed by atoms with E-state index in [9.17, 15) is 10.0 Å². The molecule has 0 spiro atoms. The molecular formula is C6H5BI6O2. The van der Waals surface area contributed by atoms with E-state index in [1.54, 1.807) is 0 Å². The average Bonchev–Trinajstić information content (AvgIpc) is 2.10. The number of rotatable bonds is 1. The van der Waals surface area contributed by atoms with Gasteiger partial charge in [0.2, 0.25) is 0 Å². The Kier molecular flexibility index (Phi) is 6.69. The molecule has 2 unspecified atom stereocenters. The molecule has 15 heavy (non-hydrogen) atoms. The third-order valence-electron chi connectivity index (χ3n) is 2.13. The molecule has 0 amide bonds. The number of halogens is 6. The second kappa shape index (κ2) is 5.84. The van der Waals surface area contributed by atoms with E-state index in [1.165, 1.54) is 0 Å². The van der Waals surface area contributed by atoms with Crippen molar-refractivity contribution in [2.45, 2.75) is 10.1 Å².